The Kier molecular flexibility index (Phi) is 5.81. The topological polar surface area (TPSA) is 86.6 Å². The highest BCUT2D eigenvalue weighted by Crippen LogP contribution is 2.18. The van der Waals surface area contributed by atoms with Gasteiger partial charge < -0.3 is 10.2 Å². The molecule has 0 spiro atoms. The molecule has 0 saturated carbocycles. The minimum absolute atomic E-state index is 0.0904. The highest BCUT2D eigenvalue weighted by molar-refractivity contribution is 7.92. The summed E-state index contributed by atoms with van der Waals surface area (Å²) in [5, 5.41) is 17.7. The first-order valence-electron chi connectivity index (χ1n) is 7.08. The van der Waals surface area contributed by atoms with Crippen LogP contribution in [0.3, 0.4) is 0 Å². The number of sulfonamides is 1. The van der Waals surface area contributed by atoms with E-state index in [2.05, 4.69) is 4.72 Å². The molecule has 0 radical (unpaired) electrons. The maximum Gasteiger partial charge on any atom is 0.261 e. The van der Waals surface area contributed by atoms with E-state index in [-0.39, 0.29) is 10.6 Å². The molecule has 0 saturated heterocycles. The Morgan fingerprint density at radius 1 is 0.625 bits per heavy atom. The Morgan fingerprint density at radius 3 is 1.54 bits per heavy atom. The van der Waals surface area contributed by atoms with Crippen LogP contribution in [0.5, 0.6) is 11.5 Å². The summed E-state index contributed by atoms with van der Waals surface area (Å²) in [5.74, 6) is 0.412. The fourth-order valence-corrected chi connectivity index (χ4v) is 2.85. The van der Waals surface area contributed by atoms with Gasteiger partial charge in [-0.3, -0.25) is 4.72 Å². The van der Waals surface area contributed by atoms with Crippen molar-refractivity contribution in [1.29, 1.82) is 0 Å². The molecule has 124 valence electrons. The smallest absolute Gasteiger partial charge is 0.261 e. The van der Waals surface area contributed by atoms with Crippen molar-refractivity contribution in [3.05, 3.63) is 84.9 Å². The van der Waals surface area contributed by atoms with Crippen LogP contribution in [-0.2, 0) is 10.0 Å². The van der Waals surface area contributed by atoms with Crippen molar-refractivity contribution in [3.8, 4) is 11.5 Å². The van der Waals surface area contributed by atoms with E-state index >= 15 is 0 Å². The van der Waals surface area contributed by atoms with Gasteiger partial charge in [-0.1, -0.05) is 36.4 Å². The molecule has 5 nitrogen and oxygen atoms in total. The molecule has 0 aliphatic heterocycles. The van der Waals surface area contributed by atoms with E-state index in [0.29, 0.717) is 11.4 Å². The number of anilines is 1. The van der Waals surface area contributed by atoms with Crippen molar-refractivity contribution in [3.63, 3.8) is 0 Å². The largest absolute Gasteiger partial charge is 0.508 e. The second-order valence-electron chi connectivity index (χ2n) is 4.80. The van der Waals surface area contributed by atoms with Crippen molar-refractivity contribution >= 4 is 15.7 Å². The third-order valence-corrected chi connectivity index (χ3v) is 4.33. The minimum atomic E-state index is -3.56. The van der Waals surface area contributed by atoms with Crippen LogP contribution in [0.2, 0.25) is 0 Å². The standard InChI is InChI=1S/C12H11NO3S.C6H6O/c14-11-8-6-10(7-9-11)13-17(15,16)12-4-2-1-3-5-12;7-6-4-2-1-3-5-6/h1-9,13-14H;1-5,7H. The Hall–Kier alpha value is -2.99. The van der Waals surface area contributed by atoms with Crippen LogP contribution in [0.15, 0.2) is 89.8 Å². The molecule has 0 unspecified atom stereocenters. The number of aromatic hydroxyl groups is 2. The first-order valence-corrected chi connectivity index (χ1v) is 8.56. The summed E-state index contributed by atoms with van der Waals surface area (Å²) < 4.78 is 26.2. The van der Waals surface area contributed by atoms with Crippen molar-refractivity contribution in [2.24, 2.45) is 0 Å². The molecular formula is C18H17NO4S. The van der Waals surface area contributed by atoms with E-state index < -0.39 is 10.0 Å². The van der Waals surface area contributed by atoms with Crippen LogP contribution in [-0.4, -0.2) is 18.6 Å². The monoisotopic (exact) mass is 343 g/mol. The third-order valence-electron chi connectivity index (χ3n) is 2.93. The maximum absolute atomic E-state index is 11.9. The summed E-state index contributed by atoms with van der Waals surface area (Å²) in [4.78, 5) is 0.202. The van der Waals surface area contributed by atoms with Gasteiger partial charge in [0.15, 0.2) is 0 Å². The van der Waals surface area contributed by atoms with Gasteiger partial charge in [-0.05, 0) is 48.5 Å². The van der Waals surface area contributed by atoms with Crippen LogP contribution >= 0.6 is 0 Å². The van der Waals surface area contributed by atoms with E-state index in [9.17, 15) is 8.42 Å². The molecule has 0 heterocycles. The third kappa shape index (κ3) is 5.33. The van der Waals surface area contributed by atoms with Crippen LogP contribution in [0.1, 0.15) is 0 Å². The molecule has 0 amide bonds. The predicted molar refractivity (Wildman–Crippen MR) is 93.5 cm³/mol. The summed E-state index contributed by atoms with van der Waals surface area (Å²) in [6.07, 6.45) is 0. The van der Waals surface area contributed by atoms with Crippen LogP contribution < -0.4 is 4.72 Å². The van der Waals surface area contributed by atoms with Crippen LogP contribution in [0.25, 0.3) is 0 Å². The zero-order valence-corrected chi connectivity index (χ0v) is 13.5. The molecule has 3 aromatic carbocycles. The van der Waals surface area contributed by atoms with Crippen LogP contribution in [0.4, 0.5) is 5.69 Å². The maximum atomic E-state index is 11.9. The Balaban J connectivity index is 0.000000249. The predicted octanol–water partition coefficient (Wildman–Crippen LogP) is 3.59. The fourth-order valence-electron chi connectivity index (χ4n) is 1.77. The molecule has 0 aliphatic rings. The lowest BCUT2D eigenvalue weighted by atomic mass is 10.3. The summed E-state index contributed by atoms with van der Waals surface area (Å²) in [7, 11) is -3.56. The highest BCUT2D eigenvalue weighted by Gasteiger charge is 2.12. The number of phenolic OH excluding ortho intramolecular Hbond substituents is 2. The Morgan fingerprint density at radius 2 is 1.08 bits per heavy atom. The lowest BCUT2D eigenvalue weighted by molar-refractivity contribution is 0.475. The van der Waals surface area contributed by atoms with E-state index in [4.69, 9.17) is 10.2 Å². The first kappa shape index (κ1) is 17.4. The minimum Gasteiger partial charge on any atom is -0.508 e. The molecule has 0 fully saturated rings. The summed E-state index contributed by atoms with van der Waals surface area (Å²) in [6.45, 7) is 0. The van der Waals surface area contributed by atoms with E-state index in [0.717, 1.165) is 0 Å². The van der Waals surface area contributed by atoms with Gasteiger partial charge in [0.25, 0.3) is 10.0 Å². The molecule has 3 N–H and O–H groups in total. The average Bonchev–Trinajstić information content (AvgIpc) is 2.59. The Bertz CT molecular complexity index is 849. The number of hydrogen-bond donors (Lipinski definition) is 3. The fraction of sp³-hybridized carbons (Fsp3) is 0. The molecule has 0 atom stereocenters. The van der Waals surface area contributed by atoms with E-state index in [1.807, 2.05) is 6.07 Å². The number of phenols is 2. The normalized spacial score (nSPS) is 10.3. The summed E-state index contributed by atoms with van der Waals surface area (Å²) in [5.41, 5.74) is 0.409. The van der Waals surface area contributed by atoms with Gasteiger partial charge in [0, 0.05) is 5.69 Å². The number of para-hydroxylation sites is 1. The molecule has 0 bridgehead atoms. The van der Waals surface area contributed by atoms with Gasteiger partial charge in [-0.15, -0.1) is 0 Å². The SMILES string of the molecule is O=S(=O)(Nc1ccc(O)cc1)c1ccccc1.Oc1ccccc1. The zero-order chi connectivity index (χ0) is 17.4. The van der Waals surface area contributed by atoms with E-state index in [1.165, 1.54) is 36.4 Å². The summed E-state index contributed by atoms with van der Waals surface area (Å²) >= 11 is 0. The molecule has 0 aliphatic carbocycles. The molecule has 3 rings (SSSR count). The lowest BCUT2D eigenvalue weighted by Gasteiger charge is -2.07. The Labute approximate surface area is 140 Å². The molecule has 24 heavy (non-hydrogen) atoms. The molecule has 6 heteroatoms. The molecule has 3 aromatic rings. The van der Waals surface area contributed by atoms with Gasteiger partial charge in [-0.2, -0.15) is 0 Å². The highest BCUT2D eigenvalue weighted by atomic mass is 32.2. The van der Waals surface area contributed by atoms with Crippen molar-refractivity contribution in [2.75, 3.05) is 4.72 Å². The molecule has 0 aromatic heterocycles. The summed E-state index contributed by atoms with van der Waals surface area (Å²) in [6, 6.07) is 22.6. The van der Waals surface area contributed by atoms with Gasteiger partial charge in [-0.25, -0.2) is 8.42 Å². The molecular weight excluding hydrogens is 326 g/mol. The number of hydrogen-bond acceptors (Lipinski definition) is 4. The van der Waals surface area contributed by atoms with Crippen molar-refractivity contribution in [2.45, 2.75) is 4.90 Å². The second kappa shape index (κ2) is 8.03. The van der Waals surface area contributed by atoms with Gasteiger partial charge >= 0.3 is 0 Å². The lowest BCUT2D eigenvalue weighted by Crippen LogP contribution is -2.12. The van der Waals surface area contributed by atoms with Crippen molar-refractivity contribution in [1.82, 2.24) is 0 Å². The van der Waals surface area contributed by atoms with Gasteiger partial charge in [0.05, 0.1) is 4.90 Å². The van der Waals surface area contributed by atoms with Gasteiger partial charge in [0.2, 0.25) is 0 Å². The van der Waals surface area contributed by atoms with Crippen LogP contribution in [0, 0.1) is 0 Å². The average molecular weight is 343 g/mol. The first-order chi connectivity index (χ1) is 11.5. The number of nitrogens with one attached hydrogen (secondary N) is 1. The van der Waals surface area contributed by atoms with Crippen molar-refractivity contribution < 1.29 is 18.6 Å². The quantitative estimate of drug-likeness (QED) is 0.634. The number of rotatable bonds is 3. The number of benzene rings is 3. The van der Waals surface area contributed by atoms with E-state index in [1.54, 1.807) is 42.5 Å². The second-order valence-corrected chi connectivity index (χ2v) is 6.48. The van der Waals surface area contributed by atoms with Gasteiger partial charge in [0.1, 0.15) is 11.5 Å². The zero-order valence-electron chi connectivity index (χ0n) is 12.7.